The Labute approximate surface area is 91.9 Å². The minimum atomic E-state index is -1.36. The van der Waals surface area contributed by atoms with E-state index < -0.39 is 17.9 Å². The fraction of sp³-hybridized carbons (Fsp3) is 0.600. The van der Waals surface area contributed by atoms with E-state index in [1.807, 2.05) is 0 Å². The molecule has 0 bridgehead atoms. The fourth-order valence-corrected chi connectivity index (χ4v) is 0.416. The quantitative estimate of drug-likeness (QED) is 0.421. The van der Waals surface area contributed by atoms with Gasteiger partial charge >= 0.3 is 29.6 Å². The van der Waals surface area contributed by atoms with Crippen LogP contribution in [0, 0.1) is 0 Å². The van der Waals surface area contributed by atoms with Crippen molar-refractivity contribution in [3.8, 4) is 0 Å². The van der Waals surface area contributed by atoms with Gasteiger partial charge in [0.05, 0.1) is 5.97 Å². The third kappa shape index (κ3) is 9.86. The molecule has 12 heavy (non-hydrogen) atoms. The summed E-state index contributed by atoms with van der Waals surface area (Å²) in [5.41, 5.74) is 9.73. The first-order valence-electron chi connectivity index (χ1n) is 2.78. The maximum Gasteiger partial charge on any atom is 1.00 e. The largest absolute Gasteiger partial charge is 1.00 e. The molecule has 0 radical (unpaired) electrons. The van der Waals surface area contributed by atoms with Crippen molar-refractivity contribution in [2.45, 2.75) is 18.9 Å². The normalized spacial score (nSPS) is 10.4. The summed E-state index contributed by atoms with van der Waals surface area (Å²) in [6.07, 6.45) is 0.0206. The molecule has 0 aromatic carbocycles. The van der Waals surface area contributed by atoms with Gasteiger partial charge in [-0.1, -0.05) is 0 Å². The average Bonchev–Trinajstić information content (AvgIpc) is 1.82. The van der Waals surface area contributed by atoms with Gasteiger partial charge in [-0.25, -0.2) is 0 Å². The Balaban J connectivity index is -0.000000405. The second-order valence-corrected chi connectivity index (χ2v) is 1.93. The van der Waals surface area contributed by atoms with Crippen LogP contribution in [0.15, 0.2) is 0 Å². The van der Waals surface area contributed by atoms with E-state index >= 15 is 0 Å². The summed E-state index contributed by atoms with van der Waals surface area (Å²) in [5, 5.41) is 9.92. The number of primary amides is 1. The maximum absolute atomic E-state index is 10.1. The smallest absolute Gasteiger partial charge is 0.548 e. The summed E-state index contributed by atoms with van der Waals surface area (Å²) in [7, 11) is 0. The van der Waals surface area contributed by atoms with Gasteiger partial charge in [-0.15, -0.1) is 0 Å². The molecule has 6 N–H and O–H groups in total. The fourth-order valence-electron chi connectivity index (χ4n) is 0.416. The molecule has 0 spiro atoms. The van der Waals surface area contributed by atoms with Crippen LogP contribution in [-0.4, -0.2) is 23.4 Å². The van der Waals surface area contributed by atoms with E-state index in [-0.39, 0.29) is 47.9 Å². The predicted molar refractivity (Wildman–Crippen MR) is 35.0 cm³/mol. The van der Waals surface area contributed by atoms with Gasteiger partial charge in [-0.05, 0) is 6.42 Å². The zero-order valence-electron chi connectivity index (χ0n) is 6.87. The van der Waals surface area contributed by atoms with Crippen molar-refractivity contribution >= 4 is 11.9 Å². The Morgan fingerprint density at radius 2 is 1.83 bits per heavy atom. The first-order chi connectivity index (χ1) is 4.54. The number of carbonyl (C=O) groups is 2. The molecule has 0 saturated heterocycles. The third-order valence-corrected chi connectivity index (χ3v) is 1.00. The number of aliphatic carboxylic acids is 1. The van der Waals surface area contributed by atoms with Crippen LogP contribution in [0.25, 0.3) is 0 Å². The molecule has 0 fully saturated rings. The van der Waals surface area contributed by atoms with Gasteiger partial charge in [0.15, 0.2) is 0 Å². The number of nitrogens with two attached hydrogens (primary N) is 2. The Bertz CT molecular complexity index is 152. The van der Waals surface area contributed by atoms with Crippen molar-refractivity contribution < 1.29 is 49.7 Å². The van der Waals surface area contributed by atoms with Gasteiger partial charge < -0.3 is 26.8 Å². The Kier molecular flexibility index (Phi) is 13.3. The van der Waals surface area contributed by atoms with Crippen molar-refractivity contribution in [3.05, 3.63) is 0 Å². The van der Waals surface area contributed by atoms with Crippen LogP contribution in [0.2, 0.25) is 0 Å². The minimum absolute atomic E-state index is 0. The first-order valence-corrected chi connectivity index (χ1v) is 2.78. The molecule has 0 saturated carbocycles. The molecule has 6 nitrogen and oxygen atoms in total. The summed E-state index contributed by atoms with van der Waals surface area (Å²) in [6, 6.07) is -1.09. The van der Waals surface area contributed by atoms with Crippen molar-refractivity contribution in [1.82, 2.24) is 0 Å². The molecule has 0 aromatic rings. The molecular weight excluding hydrogens is 175 g/mol. The standard InChI is InChI=1S/C5H10N2O3.Na.H2O/c6-3(5(9)10)1-2-4(7)8;;/h3H,1-2,6H2,(H2,7,8)(H,9,10);;1H2/q;+1;/p-1/t3-;;/m0../s1. The van der Waals surface area contributed by atoms with E-state index in [0.29, 0.717) is 0 Å². The summed E-state index contributed by atoms with van der Waals surface area (Å²) in [5.74, 6) is -1.92. The Morgan fingerprint density at radius 1 is 1.42 bits per heavy atom. The molecule has 0 unspecified atom stereocenters. The molecule has 66 valence electrons. The van der Waals surface area contributed by atoms with Gasteiger partial charge in [-0.3, -0.25) is 4.79 Å². The van der Waals surface area contributed by atoms with E-state index in [4.69, 9.17) is 11.5 Å². The van der Waals surface area contributed by atoms with Crippen LogP contribution in [-0.2, 0) is 9.59 Å². The molecule has 7 heteroatoms. The number of hydrogen-bond acceptors (Lipinski definition) is 4. The van der Waals surface area contributed by atoms with Crippen molar-refractivity contribution in [2.24, 2.45) is 11.5 Å². The number of hydrogen-bond donors (Lipinski definition) is 2. The van der Waals surface area contributed by atoms with Gasteiger partial charge in [0.25, 0.3) is 0 Å². The van der Waals surface area contributed by atoms with E-state index in [1.165, 1.54) is 0 Å². The minimum Gasteiger partial charge on any atom is -0.548 e. The summed E-state index contributed by atoms with van der Waals surface area (Å²) in [4.78, 5) is 20.0. The molecule has 0 aliphatic heterocycles. The molecule has 0 aliphatic rings. The number of rotatable bonds is 4. The monoisotopic (exact) mass is 186 g/mol. The Hall–Kier alpha value is -0.140. The van der Waals surface area contributed by atoms with Crippen LogP contribution >= 0.6 is 0 Å². The van der Waals surface area contributed by atoms with Gasteiger partial charge in [0.1, 0.15) is 0 Å². The topological polar surface area (TPSA) is 141 Å². The second-order valence-electron chi connectivity index (χ2n) is 1.93. The van der Waals surface area contributed by atoms with E-state index in [1.54, 1.807) is 0 Å². The van der Waals surface area contributed by atoms with Crippen molar-refractivity contribution in [3.63, 3.8) is 0 Å². The summed E-state index contributed by atoms with van der Waals surface area (Å²) >= 11 is 0. The van der Waals surface area contributed by atoms with Gasteiger partial charge in [0.2, 0.25) is 5.91 Å². The zero-order chi connectivity index (χ0) is 8.15. The van der Waals surface area contributed by atoms with Crippen LogP contribution < -0.4 is 46.1 Å². The predicted octanol–water partition coefficient (Wildman–Crippen LogP) is -6.49. The van der Waals surface area contributed by atoms with Crippen LogP contribution in [0.1, 0.15) is 12.8 Å². The molecule has 0 aliphatic carbocycles. The molecule has 0 rings (SSSR count). The first kappa shape index (κ1) is 17.8. The Morgan fingerprint density at radius 3 is 2.08 bits per heavy atom. The molecule has 0 heterocycles. The summed E-state index contributed by atoms with van der Waals surface area (Å²) < 4.78 is 0. The molecule has 1 atom stereocenters. The SMILES string of the molecule is NC(=O)CC[C@H](N)C(=O)[O-].O.[Na+]. The van der Waals surface area contributed by atoms with Crippen LogP contribution in [0.5, 0.6) is 0 Å². The molecule has 1 amide bonds. The molecule has 0 aromatic heterocycles. The summed E-state index contributed by atoms with van der Waals surface area (Å²) in [6.45, 7) is 0. The van der Waals surface area contributed by atoms with E-state index in [2.05, 4.69) is 0 Å². The third-order valence-electron chi connectivity index (χ3n) is 1.00. The molecular formula is C5H11N2NaO4. The zero-order valence-corrected chi connectivity index (χ0v) is 8.87. The van der Waals surface area contributed by atoms with E-state index in [9.17, 15) is 14.7 Å². The number of carboxylic acid groups (broad SMARTS) is 1. The second kappa shape index (κ2) is 8.95. The number of carbonyl (C=O) groups excluding carboxylic acids is 2. The van der Waals surface area contributed by atoms with Crippen LogP contribution in [0.3, 0.4) is 0 Å². The maximum atomic E-state index is 10.1. The van der Waals surface area contributed by atoms with Gasteiger partial charge in [0, 0.05) is 12.5 Å². The van der Waals surface area contributed by atoms with Crippen LogP contribution in [0.4, 0.5) is 0 Å². The average molecular weight is 186 g/mol. The van der Waals surface area contributed by atoms with Crippen molar-refractivity contribution in [2.75, 3.05) is 0 Å². The number of amides is 1. The van der Waals surface area contributed by atoms with E-state index in [0.717, 1.165) is 0 Å². The number of carboxylic acids is 1. The van der Waals surface area contributed by atoms with Gasteiger partial charge in [-0.2, -0.15) is 0 Å². The van der Waals surface area contributed by atoms with Crippen molar-refractivity contribution in [1.29, 1.82) is 0 Å².